The summed E-state index contributed by atoms with van der Waals surface area (Å²) in [5.41, 5.74) is 1.27. The van der Waals surface area contributed by atoms with Crippen LogP contribution in [-0.4, -0.2) is 60.6 Å². The molecular weight excluding hydrogens is 414 g/mol. The number of carbonyl (C=O) groups is 1. The number of furan rings is 1. The lowest BCUT2D eigenvalue weighted by atomic mass is 10.1. The Morgan fingerprint density at radius 2 is 1.88 bits per heavy atom. The van der Waals surface area contributed by atoms with Gasteiger partial charge in [-0.2, -0.15) is 0 Å². The minimum absolute atomic E-state index is 0.143. The normalized spacial score (nSPS) is 24.0. The van der Waals surface area contributed by atoms with Crippen LogP contribution in [-0.2, 0) is 9.47 Å². The van der Waals surface area contributed by atoms with E-state index in [2.05, 4.69) is 25.9 Å². The van der Waals surface area contributed by atoms with E-state index in [1.165, 1.54) is 0 Å². The summed E-state index contributed by atoms with van der Waals surface area (Å²) in [5, 5.41) is 9.03. The largest absolute Gasteiger partial charge is 0.495 e. The smallest absolute Gasteiger partial charge is 0.319 e. The topological polar surface area (TPSA) is 120 Å². The molecule has 0 radical (unpaired) electrons. The van der Waals surface area contributed by atoms with Gasteiger partial charge in [-0.15, -0.1) is 0 Å². The fourth-order valence-electron chi connectivity index (χ4n) is 3.98. The number of ether oxygens (including phenoxy) is 3. The number of hydrogen-bond acceptors (Lipinski definition) is 8. The van der Waals surface area contributed by atoms with E-state index in [4.69, 9.17) is 18.6 Å². The second-order valence-corrected chi connectivity index (χ2v) is 7.49. The van der Waals surface area contributed by atoms with Crippen LogP contribution < -0.4 is 20.7 Å². The highest BCUT2D eigenvalue weighted by molar-refractivity contribution is 5.91. The van der Waals surface area contributed by atoms with E-state index in [0.717, 1.165) is 0 Å². The van der Waals surface area contributed by atoms with E-state index >= 15 is 0 Å². The highest BCUT2D eigenvalue weighted by atomic mass is 16.6. The Morgan fingerprint density at radius 1 is 1.06 bits per heavy atom. The molecule has 10 heteroatoms. The van der Waals surface area contributed by atoms with Crippen molar-refractivity contribution >= 4 is 17.7 Å². The van der Waals surface area contributed by atoms with Gasteiger partial charge >= 0.3 is 6.03 Å². The Morgan fingerprint density at radius 3 is 2.69 bits per heavy atom. The molecular formula is C22H23N5O5. The molecule has 2 amide bonds. The maximum Gasteiger partial charge on any atom is 0.319 e. The number of nitrogens with zero attached hydrogens (tertiary/aromatic N) is 2. The van der Waals surface area contributed by atoms with E-state index in [9.17, 15) is 4.79 Å². The van der Waals surface area contributed by atoms with Gasteiger partial charge in [-0.25, -0.2) is 14.8 Å². The molecule has 4 atom stereocenters. The molecule has 3 N–H and O–H groups in total. The molecule has 3 aromatic rings. The van der Waals surface area contributed by atoms with Gasteiger partial charge in [0.25, 0.3) is 0 Å². The molecule has 2 aliphatic rings. The number of urea groups is 1. The van der Waals surface area contributed by atoms with Crippen LogP contribution in [0.15, 0.2) is 59.3 Å². The predicted molar refractivity (Wildman–Crippen MR) is 116 cm³/mol. The maximum absolute atomic E-state index is 12.5. The molecule has 0 bridgehead atoms. The van der Waals surface area contributed by atoms with Crippen LogP contribution in [0.25, 0.3) is 11.5 Å². The van der Waals surface area contributed by atoms with Crippen LogP contribution in [0.1, 0.15) is 0 Å². The van der Waals surface area contributed by atoms with Gasteiger partial charge in [0.15, 0.2) is 5.76 Å². The number of nitrogens with one attached hydrogen (secondary N) is 3. The van der Waals surface area contributed by atoms with Gasteiger partial charge < -0.3 is 34.6 Å². The lowest BCUT2D eigenvalue weighted by Crippen LogP contribution is -2.46. The van der Waals surface area contributed by atoms with Crippen molar-refractivity contribution in [2.45, 2.75) is 24.3 Å². The first-order valence-corrected chi connectivity index (χ1v) is 10.3. The van der Waals surface area contributed by atoms with Gasteiger partial charge in [-0.05, 0) is 30.3 Å². The molecule has 0 aliphatic carbocycles. The standard InChI is InChI=1S/C22H23N5O5/c1-29-17-6-3-2-5-13(17)26-22(28)27-16-12-32-19-15(11-31-20(16)19)25-21-23-9-8-14(24-21)18-7-4-10-30-18/h2-10,15-16,19-20H,11-12H2,1H3,(H,23,24,25)(H2,26,27,28). The van der Waals surface area contributed by atoms with Crippen molar-refractivity contribution in [3.63, 3.8) is 0 Å². The summed E-state index contributed by atoms with van der Waals surface area (Å²) in [6, 6.07) is 11.9. The van der Waals surface area contributed by atoms with Crippen molar-refractivity contribution < 1.29 is 23.4 Å². The number of methoxy groups -OCH3 is 1. The first-order chi connectivity index (χ1) is 15.7. The number of fused-ring (bicyclic) bond motifs is 1. The molecule has 166 valence electrons. The minimum atomic E-state index is -0.349. The van der Waals surface area contributed by atoms with Crippen LogP contribution >= 0.6 is 0 Å². The van der Waals surface area contributed by atoms with Gasteiger partial charge in [-0.3, -0.25) is 0 Å². The molecule has 0 spiro atoms. The number of carbonyl (C=O) groups excluding carboxylic acids is 1. The van der Waals surface area contributed by atoms with Crippen molar-refractivity contribution in [3.8, 4) is 17.2 Å². The number of amides is 2. The third kappa shape index (κ3) is 4.10. The van der Waals surface area contributed by atoms with E-state index < -0.39 is 0 Å². The maximum atomic E-state index is 12.5. The molecule has 32 heavy (non-hydrogen) atoms. The van der Waals surface area contributed by atoms with Crippen molar-refractivity contribution in [2.24, 2.45) is 0 Å². The fraction of sp³-hybridized carbons (Fsp3) is 0.318. The van der Waals surface area contributed by atoms with Crippen LogP contribution in [0.2, 0.25) is 0 Å². The van der Waals surface area contributed by atoms with Crippen LogP contribution in [0.5, 0.6) is 5.75 Å². The summed E-state index contributed by atoms with van der Waals surface area (Å²) in [7, 11) is 1.56. The Balaban J connectivity index is 1.20. The van der Waals surface area contributed by atoms with E-state index in [-0.39, 0.29) is 30.3 Å². The van der Waals surface area contributed by atoms with Gasteiger partial charge in [0.2, 0.25) is 5.95 Å². The van der Waals surface area contributed by atoms with Crippen LogP contribution in [0, 0.1) is 0 Å². The zero-order valence-corrected chi connectivity index (χ0v) is 17.4. The monoisotopic (exact) mass is 437 g/mol. The fourth-order valence-corrected chi connectivity index (χ4v) is 3.98. The van der Waals surface area contributed by atoms with E-state index in [1.807, 2.05) is 24.3 Å². The lowest BCUT2D eigenvalue weighted by molar-refractivity contribution is 0.0683. The highest BCUT2D eigenvalue weighted by Crippen LogP contribution is 2.29. The Bertz CT molecular complexity index is 1080. The Hall–Kier alpha value is -3.63. The molecule has 10 nitrogen and oxygen atoms in total. The van der Waals surface area contributed by atoms with E-state index in [1.54, 1.807) is 37.8 Å². The summed E-state index contributed by atoms with van der Waals surface area (Å²) < 4.78 is 22.6. The number of para-hydroxylation sites is 2. The van der Waals surface area contributed by atoms with Gasteiger partial charge in [0.05, 0.1) is 44.4 Å². The first-order valence-electron chi connectivity index (χ1n) is 10.3. The molecule has 0 saturated carbocycles. The van der Waals surface area contributed by atoms with Crippen molar-refractivity contribution in [3.05, 3.63) is 54.9 Å². The third-order valence-corrected chi connectivity index (χ3v) is 5.47. The molecule has 5 rings (SSSR count). The number of anilines is 2. The Kier molecular flexibility index (Phi) is 5.61. The average Bonchev–Trinajstić information content (AvgIpc) is 3.55. The molecule has 2 aromatic heterocycles. The zero-order chi connectivity index (χ0) is 21.9. The molecule has 2 aliphatic heterocycles. The van der Waals surface area contributed by atoms with Crippen molar-refractivity contribution in [1.29, 1.82) is 0 Å². The summed E-state index contributed by atoms with van der Waals surface area (Å²) in [6.07, 6.45) is 2.76. The quantitative estimate of drug-likeness (QED) is 0.538. The second-order valence-electron chi connectivity index (χ2n) is 7.49. The van der Waals surface area contributed by atoms with E-state index in [0.29, 0.717) is 42.1 Å². The average molecular weight is 437 g/mol. The highest BCUT2D eigenvalue weighted by Gasteiger charge is 2.48. The second kappa shape index (κ2) is 8.85. The minimum Gasteiger partial charge on any atom is -0.495 e. The van der Waals surface area contributed by atoms with Gasteiger partial charge in [-0.1, -0.05) is 12.1 Å². The first kappa shape index (κ1) is 20.3. The molecule has 2 saturated heterocycles. The summed E-state index contributed by atoms with van der Waals surface area (Å²) >= 11 is 0. The molecule has 2 fully saturated rings. The summed E-state index contributed by atoms with van der Waals surface area (Å²) in [5.74, 6) is 1.71. The SMILES string of the molecule is COc1ccccc1NC(=O)NC1COC2C(Nc3nccc(-c4ccco4)n3)COC12. The number of rotatable bonds is 6. The van der Waals surface area contributed by atoms with Gasteiger partial charge in [0.1, 0.15) is 23.7 Å². The number of hydrogen-bond donors (Lipinski definition) is 3. The van der Waals surface area contributed by atoms with Crippen LogP contribution in [0.3, 0.4) is 0 Å². The molecule has 4 unspecified atom stereocenters. The van der Waals surface area contributed by atoms with Crippen molar-refractivity contribution in [1.82, 2.24) is 15.3 Å². The number of aromatic nitrogens is 2. The zero-order valence-electron chi connectivity index (χ0n) is 17.4. The van der Waals surface area contributed by atoms with Gasteiger partial charge in [0, 0.05) is 6.20 Å². The number of benzene rings is 1. The summed E-state index contributed by atoms with van der Waals surface area (Å²) in [4.78, 5) is 21.3. The third-order valence-electron chi connectivity index (χ3n) is 5.47. The van der Waals surface area contributed by atoms with Crippen molar-refractivity contribution in [2.75, 3.05) is 31.0 Å². The predicted octanol–water partition coefficient (Wildman–Crippen LogP) is 2.51. The summed E-state index contributed by atoms with van der Waals surface area (Å²) in [6.45, 7) is 0.760. The lowest BCUT2D eigenvalue weighted by Gasteiger charge is -2.19. The molecule has 4 heterocycles. The Labute approximate surface area is 184 Å². The molecule has 1 aromatic carbocycles. The van der Waals surface area contributed by atoms with Crippen LogP contribution in [0.4, 0.5) is 16.4 Å².